The van der Waals surface area contributed by atoms with Crippen LogP contribution in [0, 0.1) is 0 Å². The summed E-state index contributed by atoms with van der Waals surface area (Å²) in [5.41, 5.74) is 0. The maximum atomic E-state index is 6.12. The number of guanidine groups is 1. The maximum Gasteiger partial charge on any atom is 0.194 e. The molecule has 0 saturated carbocycles. The van der Waals surface area contributed by atoms with E-state index >= 15 is 0 Å². The van der Waals surface area contributed by atoms with Gasteiger partial charge in [0.15, 0.2) is 5.96 Å². The van der Waals surface area contributed by atoms with Crippen LogP contribution in [-0.4, -0.2) is 81.4 Å². The van der Waals surface area contributed by atoms with Crippen LogP contribution >= 0.6 is 0 Å². The van der Waals surface area contributed by atoms with Crippen LogP contribution in [0.1, 0.15) is 33.1 Å². The standard InChI is InChI=1S/C22H38N4O2/c1-5-23-22(24-18-21(27-6-2)12-15-25(3)4)26-16-13-20(14-17-26)28-19-10-8-7-9-11-19/h7-11,20-21H,5-6,12-18H2,1-4H3,(H,23,24). The smallest absolute Gasteiger partial charge is 0.194 e. The van der Waals surface area contributed by atoms with E-state index in [1.807, 2.05) is 30.3 Å². The predicted octanol–water partition coefficient (Wildman–Crippen LogP) is 2.85. The normalized spacial score (nSPS) is 17.0. The lowest BCUT2D eigenvalue weighted by Gasteiger charge is -2.34. The Hall–Kier alpha value is -1.79. The van der Waals surface area contributed by atoms with E-state index in [4.69, 9.17) is 14.5 Å². The Morgan fingerprint density at radius 3 is 2.54 bits per heavy atom. The number of rotatable bonds is 10. The van der Waals surface area contributed by atoms with Crippen molar-refractivity contribution in [3.8, 4) is 5.75 Å². The van der Waals surface area contributed by atoms with Crippen molar-refractivity contribution in [2.24, 2.45) is 4.99 Å². The fraction of sp³-hybridized carbons (Fsp3) is 0.682. The third-order valence-electron chi connectivity index (χ3n) is 4.87. The van der Waals surface area contributed by atoms with Crippen LogP contribution < -0.4 is 10.1 Å². The Morgan fingerprint density at radius 2 is 1.93 bits per heavy atom. The van der Waals surface area contributed by atoms with Gasteiger partial charge >= 0.3 is 0 Å². The van der Waals surface area contributed by atoms with Crippen LogP contribution in [0.2, 0.25) is 0 Å². The number of hydrogen-bond acceptors (Lipinski definition) is 4. The Bertz CT molecular complexity index is 557. The van der Waals surface area contributed by atoms with Gasteiger partial charge in [-0.2, -0.15) is 0 Å². The lowest BCUT2D eigenvalue weighted by atomic mass is 10.1. The highest BCUT2D eigenvalue weighted by Crippen LogP contribution is 2.18. The molecule has 1 aliphatic heterocycles. The van der Waals surface area contributed by atoms with E-state index in [9.17, 15) is 0 Å². The van der Waals surface area contributed by atoms with E-state index in [0.717, 1.165) is 63.8 Å². The van der Waals surface area contributed by atoms with E-state index in [0.29, 0.717) is 6.54 Å². The number of ether oxygens (including phenoxy) is 2. The predicted molar refractivity (Wildman–Crippen MR) is 116 cm³/mol. The highest BCUT2D eigenvalue weighted by Gasteiger charge is 2.23. The van der Waals surface area contributed by atoms with E-state index in [2.05, 4.69) is 43.1 Å². The van der Waals surface area contributed by atoms with Gasteiger partial charge in [0.2, 0.25) is 0 Å². The van der Waals surface area contributed by atoms with E-state index in [-0.39, 0.29) is 12.2 Å². The highest BCUT2D eigenvalue weighted by molar-refractivity contribution is 5.80. The van der Waals surface area contributed by atoms with Crippen molar-refractivity contribution in [1.82, 2.24) is 15.1 Å². The number of nitrogens with zero attached hydrogens (tertiary/aromatic N) is 3. The molecule has 0 amide bonds. The minimum Gasteiger partial charge on any atom is -0.490 e. The highest BCUT2D eigenvalue weighted by atomic mass is 16.5. The van der Waals surface area contributed by atoms with Crippen LogP contribution in [0.4, 0.5) is 0 Å². The molecule has 0 aliphatic carbocycles. The second-order valence-corrected chi connectivity index (χ2v) is 7.48. The van der Waals surface area contributed by atoms with Crippen molar-refractivity contribution >= 4 is 5.96 Å². The molecule has 0 aromatic heterocycles. The van der Waals surface area contributed by atoms with Crippen molar-refractivity contribution in [3.05, 3.63) is 30.3 Å². The summed E-state index contributed by atoms with van der Waals surface area (Å²) in [6.07, 6.45) is 3.46. The van der Waals surface area contributed by atoms with Gasteiger partial charge in [0, 0.05) is 45.6 Å². The van der Waals surface area contributed by atoms with Crippen molar-refractivity contribution in [1.29, 1.82) is 0 Å². The van der Waals surface area contributed by atoms with Gasteiger partial charge < -0.3 is 24.6 Å². The number of benzene rings is 1. The lowest BCUT2D eigenvalue weighted by molar-refractivity contribution is 0.0579. The molecule has 1 aromatic rings. The molecule has 1 atom stereocenters. The number of para-hydroxylation sites is 1. The lowest BCUT2D eigenvalue weighted by Crippen LogP contribution is -2.47. The molecule has 1 heterocycles. The molecule has 1 saturated heterocycles. The number of hydrogen-bond donors (Lipinski definition) is 1. The van der Waals surface area contributed by atoms with Crippen molar-refractivity contribution in [2.75, 3.05) is 53.4 Å². The van der Waals surface area contributed by atoms with Crippen LogP contribution in [0.25, 0.3) is 0 Å². The van der Waals surface area contributed by atoms with Crippen molar-refractivity contribution in [3.63, 3.8) is 0 Å². The third-order valence-corrected chi connectivity index (χ3v) is 4.87. The number of piperidine rings is 1. The monoisotopic (exact) mass is 390 g/mol. The summed E-state index contributed by atoms with van der Waals surface area (Å²) in [6.45, 7) is 9.40. The number of nitrogens with one attached hydrogen (secondary N) is 1. The first-order valence-electron chi connectivity index (χ1n) is 10.6. The average molecular weight is 391 g/mol. The first kappa shape index (κ1) is 22.5. The largest absolute Gasteiger partial charge is 0.490 e. The Kier molecular flexibility index (Phi) is 10.1. The fourth-order valence-electron chi connectivity index (χ4n) is 3.36. The quantitative estimate of drug-likeness (QED) is 0.492. The van der Waals surface area contributed by atoms with Gasteiger partial charge in [0.25, 0.3) is 0 Å². The van der Waals surface area contributed by atoms with Gasteiger partial charge in [-0.1, -0.05) is 18.2 Å². The molecular formula is C22H38N4O2. The molecule has 1 N–H and O–H groups in total. The Labute approximate surface area is 170 Å². The van der Waals surface area contributed by atoms with Gasteiger partial charge in [-0.25, -0.2) is 0 Å². The van der Waals surface area contributed by atoms with Crippen molar-refractivity contribution in [2.45, 2.75) is 45.3 Å². The molecule has 6 nitrogen and oxygen atoms in total. The average Bonchev–Trinajstić information content (AvgIpc) is 2.70. The van der Waals surface area contributed by atoms with Gasteiger partial charge in [-0.05, 0) is 46.5 Å². The molecule has 158 valence electrons. The van der Waals surface area contributed by atoms with Crippen LogP contribution in [0.3, 0.4) is 0 Å². The molecule has 0 spiro atoms. The summed E-state index contributed by atoms with van der Waals surface area (Å²) in [5, 5.41) is 3.45. The van der Waals surface area contributed by atoms with Gasteiger partial charge in [-0.15, -0.1) is 0 Å². The fourth-order valence-corrected chi connectivity index (χ4v) is 3.36. The number of aliphatic imine (C=N–C) groups is 1. The summed E-state index contributed by atoms with van der Waals surface area (Å²) in [5.74, 6) is 1.96. The van der Waals surface area contributed by atoms with Crippen molar-refractivity contribution < 1.29 is 9.47 Å². The number of likely N-dealkylation sites (tertiary alicyclic amines) is 1. The molecule has 1 aliphatic rings. The zero-order valence-corrected chi connectivity index (χ0v) is 18.1. The maximum absolute atomic E-state index is 6.12. The molecular weight excluding hydrogens is 352 g/mol. The zero-order chi connectivity index (χ0) is 20.2. The van der Waals surface area contributed by atoms with E-state index < -0.39 is 0 Å². The summed E-state index contributed by atoms with van der Waals surface area (Å²) >= 11 is 0. The molecule has 0 bridgehead atoms. The first-order valence-corrected chi connectivity index (χ1v) is 10.6. The van der Waals surface area contributed by atoms with E-state index in [1.165, 1.54) is 0 Å². The molecule has 0 radical (unpaired) electrons. The van der Waals surface area contributed by atoms with Crippen LogP contribution in [0.5, 0.6) is 5.75 Å². The molecule has 1 aromatic carbocycles. The minimum absolute atomic E-state index is 0.167. The summed E-state index contributed by atoms with van der Waals surface area (Å²) in [6, 6.07) is 10.1. The first-order chi connectivity index (χ1) is 13.6. The van der Waals surface area contributed by atoms with Gasteiger partial charge in [-0.3, -0.25) is 4.99 Å². The molecule has 1 unspecified atom stereocenters. The summed E-state index contributed by atoms with van der Waals surface area (Å²) in [7, 11) is 4.19. The molecule has 28 heavy (non-hydrogen) atoms. The van der Waals surface area contributed by atoms with E-state index in [1.54, 1.807) is 0 Å². The van der Waals surface area contributed by atoms with Gasteiger partial charge in [0.1, 0.15) is 11.9 Å². The second kappa shape index (κ2) is 12.6. The summed E-state index contributed by atoms with van der Waals surface area (Å²) in [4.78, 5) is 9.43. The Morgan fingerprint density at radius 1 is 1.21 bits per heavy atom. The Balaban J connectivity index is 1.87. The van der Waals surface area contributed by atoms with Gasteiger partial charge in [0.05, 0.1) is 12.6 Å². The molecule has 1 fully saturated rings. The van der Waals surface area contributed by atoms with Crippen LogP contribution in [0.15, 0.2) is 35.3 Å². The SMILES string of the molecule is CCNC(=NCC(CCN(C)C)OCC)N1CCC(Oc2ccccc2)CC1. The summed E-state index contributed by atoms with van der Waals surface area (Å²) < 4.78 is 12.0. The second-order valence-electron chi connectivity index (χ2n) is 7.48. The third kappa shape index (κ3) is 8.07. The molecule has 6 heteroatoms. The zero-order valence-electron chi connectivity index (χ0n) is 18.1. The topological polar surface area (TPSA) is 49.3 Å². The minimum atomic E-state index is 0.167. The molecule has 2 rings (SSSR count). The van der Waals surface area contributed by atoms with Crippen LogP contribution in [-0.2, 0) is 4.74 Å².